The van der Waals surface area contributed by atoms with Gasteiger partial charge in [-0.2, -0.15) is 0 Å². The van der Waals surface area contributed by atoms with Crippen LogP contribution < -0.4 is 16.4 Å². The number of primary amides is 1. The molecule has 0 aliphatic carbocycles. The first-order valence-electron chi connectivity index (χ1n) is 7.56. The number of rotatable bonds is 3. The lowest BCUT2D eigenvalue weighted by Gasteiger charge is -2.31. The fourth-order valence-corrected chi connectivity index (χ4v) is 3.94. The Labute approximate surface area is 157 Å². The number of nitrogens with zero attached hydrogens (tertiary/aromatic N) is 3. The maximum Gasteiger partial charge on any atom is 0.260 e. The zero-order chi connectivity index (χ0) is 17.7. The van der Waals surface area contributed by atoms with Crippen molar-refractivity contribution in [1.29, 1.82) is 0 Å². The van der Waals surface area contributed by atoms with E-state index in [1.165, 1.54) is 11.3 Å². The number of carbonyl (C=O) groups is 1. The molecule has 0 unspecified atom stereocenters. The summed E-state index contributed by atoms with van der Waals surface area (Å²) in [6.45, 7) is 1.80. The van der Waals surface area contributed by atoms with Crippen LogP contribution in [0.15, 0.2) is 18.2 Å². The predicted molar refractivity (Wildman–Crippen MR) is 103 cm³/mol. The van der Waals surface area contributed by atoms with Crippen LogP contribution in [0.25, 0.3) is 21.5 Å². The van der Waals surface area contributed by atoms with E-state index in [0.29, 0.717) is 37.6 Å². The maximum atomic E-state index is 11.7. The first-order chi connectivity index (χ1) is 12.0. The Morgan fingerprint density at radius 1 is 1.20 bits per heavy atom. The maximum absolute atomic E-state index is 11.7. The van der Waals surface area contributed by atoms with Gasteiger partial charge in [0.1, 0.15) is 9.71 Å². The Kier molecular flexibility index (Phi) is 3.94. The van der Waals surface area contributed by atoms with Gasteiger partial charge in [-0.15, -0.1) is 11.3 Å². The van der Waals surface area contributed by atoms with Gasteiger partial charge in [0.2, 0.25) is 5.95 Å². The van der Waals surface area contributed by atoms with Crippen LogP contribution in [0.3, 0.4) is 0 Å². The number of halogens is 2. The van der Waals surface area contributed by atoms with Crippen molar-refractivity contribution < 1.29 is 4.79 Å². The minimum absolute atomic E-state index is 0.284. The van der Waals surface area contributed by atoms with E-state index in [4.69, 9.17) is 34.7 Å². The summed E-state index contributed by atoms with van der Waals surface area (Å²) in [5, 5.41) is 1.48. The molecule has 25 heavy (non-hydrogen) atoms. The summed E-state index contributed by atoms with van der Waals surface area (Å²) in [5.41, 5.74) is 13.3. The quantitative estimate of drug-likeness (QED) is 0.708. The number of carbonyl (C=O) groups excluding carboxylic acids is 1. The topological polar surface area (TPSA) is 98.1 Å². The van der Waals surface area contributed by atoms with Gasteiger partial charge in [0, 0.05) is 18.7 Å². The number of hydrogen-bond donors (Lipinski definition) is 2. The molecule has 128 valence electrons. The zero-order valence-electron chi connectivity index (χ0n) is 12.9. The first kappa shape index (κ1) is 16.4. The van der Waals surface area contributed by atoms with E-state index in [9.17, 15) is 4.79 Å². The third-order valence-electron chi connectivity index (χ3n) is 4.13. The molecular formula is C16H13Cl2N5OS. The largest absolute Gasteiger partial charge is 0.397 e. The van der Waals surface area contributed by atoms with E-state index in [1.54, 1.807) is 12.1 Å². The summed E-state index contributed by atoms with van der Waals surface area (Å²) in [4.78, 5) is 23.9. The molecule has 4 N–H and O–H groups in total. The second kappa shape index (κ2) is 6.01. The molecular weight excluding hydrogens is 381 g/mol. The van der Waals surface area contributed by atoms with Crippen molar-refractivity contribution in [3.8, 4) is 11.3 Å². The third kappa shape index (κ3) is 2.68. The molecule has 1 fully saturated rings. The molecule has 9 heteroatoms. The molecule has 1 aliphatic rings. The van der Waals surface area contributed by atoms with Crippen molar-refractivity contribution in [2.75, 3.05) is 23.7 Å². The number of fused-ring (bicyclic) bond motifs is 1. The Hall–Kier alpha value is -2.09. The van der Waals surface area contributed by atoms with Gasteiger partial charge in [0.25, 0.3) is 5.91 Å². The number of amides is 1. The Morgan fingerprint density at radius 2 is 1.96 bits per heavy atom. The van der Waals surface area contributed by atoms with Crippen molar-refractivity contribution in [2.45, 2.75) is 6.42 Å². The Balaban J connectivity index is 2.01. The number of nitrogens with two attached hydrogens (primary N) is 2. The van der Waals surface area contributed by atoms with Crippen molar-refractivity contribution in [2.24, 2.45) is 5.73 Å². The second-order valence-corrected chi connectivity index (χ2v) is 7.54. The molecule has 0 bridgehead atoms. The Morgan fingerprint density at radius 3 is 2.56 bits per heavy atom. The Bertz CT molecular complexity index is 1020. The van der Waals surface area contributed by atoms with E-state index < -0.39 is 5.91 Å². The van der Waals surface area contributed by atoms with Crippen LogP contribution in [-0.4, -0.2) is 29.0 Å². The fraction of sp³-hybridized carbons (Fsp3) is 0.188. The average molecular weight is 394 g/mol. The lowest BCUT2D eigenvalue weighted by molar-refractivity contribution is 0.100. The number of anilines is 2. The van der Waals surface area contributed by atoms with Crippen LogP contribution in [-0.2, 0) is 0 Å². The highest BCUT2D eigenvalue weighted by Gasteiger charge is 2.24. The molecule has 1 saturated heterocycles. The van der Waals surface area contributed by atoms with Crippen molar-refractivity contribution >= 4 is 62.3 Å². The summed E-state index contributed by atoms with van der Waals surface area (Å²) >= 11 is 13.4. The van der Waals surface area contributed by atoms with Crippen LogP contribution >= 0.6 is 34.5 Å². The van der Waals surface area contributed by atoms with E-state index in [2.05, 4.69) is 14.9 Å². The second-order valence-electron chi connectivity index (χ2n) is 5.73. The van der Waals surface area contributed by atoms with E-state index in [0.717, 1.165) is 25.1 Å². The summed E-state index contributed by atoms with van der Waals surface area (Å²) in [7, 11) is 0. The standard InChI is InChI=1S/C16H13Cl2N5OS/c17-8-3-2-7(6-9(8)18)12-10-11(19)13(14(20)24)25-15(10)22-16(21-12)23-4-1-5-23/h2-3,6H,1,4-5,19H2,(H2,20,24). The number of nitrogen functional groups attached to an aromatic ring is 1. The van der Waals surface area contributed by atoms with Crippen molar-refractivity contribution in [3.63, 3.8) is 0 Å². The van der Waals surface area contributed by atoms with Crippen LogP contribution in [0.5, 0.6) is 0 Å². The highest BCUT2D eigenvalue weighted by Crippen LogP contribution is 2.40. The lowest BCUT2D eigenvalue weighted by Crippen LogP contribution is -2.38. The average Bonchev–Trinajstić information content (AvgIpc) is 2.85. The van der Waals surface area contributed by atoms with Crippen LogP contribution in [0.1, 0.15) is 16.1 Å². The molecule has 4 rings (SSSR count). The molecule has 0 saturated carbocycles. The molecule has 1 aliphatic heterocycles. The molecule has 6 nitrogen and oxygen atoms in total. The van der Waals surface area contributed by atoms with Gasteiger partial charge in [-0.1, -0.05) is 29.3 Å². The number of aromatic nitrogens is 2. The monoisotopic (exact) mass is 393 g/mol. The van der Waals surface area contributed by atoms with Gasteiger partial charge in [-0.05, 0) is 18.6 Å². The van der Waals surface area contributed by atoms with E-state index >= 15 is 0 Å². The van der Waals surface area contributed by atoms with Gasteiger partial charge in [0.05, 0.1) is 26.8 Å². The minimum Gasteiger partial charge on any atom is -0.397 e. The predicted octanol–water partition coefficient (Wildman–Crippen LogP) is 3.56. The molecule has 1 aromatic carbocycles. The van der Waals surface area contributed by atoms with Crippen LogP contribution in [0.2, 0.25) is 10.0 Å². The molecule has 1 amide bonds. The summed E-state index contributed by atoms with van der Waals surface area (Å²) in [6.07, 6.45) is 1.10. The molecule has 3 aromatic rings. The summed E-state index contributed by atoms with van der Waals surface area (Å²) < 4.78 is 0. The number of thiophene rings is 1. The molecule has 3 heterocycles. The van der Waals surface area contributed by atoms with Gasteiger partial charge in [-0.25, -0.2) is 9.97 Å². The molecule has 2 aromatic heterocycles. The fourth-order valence-electron chi connectivity index (χ4n) is 2.70. The van der Waals surface area contributed by atoms with E-state index in [-0.39, 0.29) is 4.88 Å². The first-order valence-corrected chi connectivity index (χ1v) is 9.13. The van der Waals surface area contributed by atoms with Gasteiger partial charge < -0.3 is 16.4 Å². The van der Waals surface area contributed by atoms with Gasteiger partial charge >= 0.3 is 0 Å². The number of hydrogen-bond acceptors (Lipinski definition) is 6. The third-order valence-corrected chi connectivity index (χ3v) is 5.99. The highest BCUT2D eigenvalue weighted by molar-refractivity contribution is 7.21. The lowest BCUT2D eigenvalue weighted by atomic mass is 10.1. The summed E-state index contributed by atoms with van der Waals surface area (Å²) in [5.74, 6) is 0.0307. The summed E-state index contributed by atoms with van der Waals surface area (Å²) in [6, 6.07) is 5.25. The SMILES string of the molecule is NC(=O)c1sc2nc(N3CCC3)nc(-c3ccc(Cl)c(Cl)c3)c2c1N. The van der Waals surface area contributed by atoms with E-state index in [1.807, 2.05) is 6.07 Å². The van der Waals surface area contributed by atoms with Gasteiger partial charge in [0.15, 0.2) is 0 Å². The molecule has 0 radical (unpaired) electrons. The van der Waals surface area contributed by atoms with Crippen molar-refractivity contribution in [3.05, 3.63) is 33.1 Å². The van der Waals surface area contributed by atoms with Crippen molar-refractivity contribution in [1.82, 2.24) is 9.97 Å². The number of benzene rings is 1. The normalized spacial score (nSPS) is 13.9. The smallest absolute Gasteiger partial charge is 0.260 e. The molecule has 0 atom stereocenters. The zero-order valence-corrected chi connectivity index (χ0v) is 15.3. The van der Waals surface area contributed by atoms with Crippen LogP contribution in [0, 0.1) is 0 Å². The van der Waals surface area contributed by atoms with Crippen LogP contribution in [0.4, 0.5) is 11.6 Å². The highest BCUT2D eigenvalue weighted by atomic mass is 35.5. The molecule has 0 spiro atoms. The minimum atomic E-state index is -0.578. The van der Waals surface area contributed by atoms with Gasteiger partial charge in [-0.3, -0.25) is 4.79 Å².